The molecule has 0 saturated heterocycles. The van der Waals surface area contributed by atoms with Crippen LogP contribution in [0.25, 0.3) is 132 Å². The molecule has 16 aromatic rings. The summed E-state index contributed by atoms with van der Waals surface area (Å²) in [5.41, 5.74) is 19.8. The highest BCUT2D eigenvalue weighted by Gasteiger charge is 2.24. The Morgan fingerprint density at radius 1 is 0.181 bits per heavy atom. The molecule has 0 saturated carbocycles. The first-order valence-corrected chi connectivity index (χ1v) is 46.7. The van der Waals surface area contributed by atoms with E-state index in [1.165, 1.54) is 153 Å². The second-order valence-electron chi connectivity index (χ2n) is 29.5. The summed E-state index contributed by atoms with van der Waals surface area (Å²) in [6, 6.07) is 100. The van der Waals surface area contributed by atoms with Crippen LogP contribution in [0.15, 0.2) is 267 Å². The Balaban J connectivity index is 0.000000167. The fraction of sp³-hybridized carbons (Fsp3) is 0.163. The van der Waals surface area contributed by atoms with Crippen molar-refractivity contribution < 1.29 is 0 Å². The van der Waals surface area contributed by atoms with Crippen molar-refractivity contribution in [3.63, 3.8) is 0 Å². The second-order valence-corrected chi connectivity index (χ2v) is 49.8. The molecule has 4 aromatic heterocycles. The molecule has 0 unspecified atom stereocenters. The molecule has 0 radical (unpaired) electrons. The standard InChI is InChI=1S/2C42H40N2Si2.2CH4/c1-45(2,3)33-15-11-13-31(27-33)43-39-19-9-7-17-35(39)37-25-29(21-23-41(37)43)30-22-24-42-38(26-30)36-18-8-10-20-40(36)44(42)32-14-12-16-34(28-32)46(4,5)6;1-45(2,3)33-21-17-31(18-22-33)43-39-13-9-7-11-35(39)37-27-29(15-25-41(37)43)30-16-26-42-38(28-30)36-12-8-10-14-40(36)44(42)32-19-23-34(24-20-32)46(4,5)6;;/h2*7-28H,1-6H3;2*1H4. The van der Waals surface area contributed by atoms with Gasteiger partial charge in [-0.3, -0.25) is 0 Å². The molecule has 0 fully saturated rings. The van der Waals surface area contributed by atoms with Gasteiger partial charge in [0, 0.05) is 65.8 Å². The van der Waals surface area contributed by atoms with Crippen LogP contribution in [0.1, 0.15) is 14.9 Å². The third-order valence-corrected chi connectivity index (χ3v) is 27.5. The zero-order valence-electron chi connectivity index (χ0n) is 55.2. The molecule has 0 aliphatic heterocycles. The summed E-state index contributed by atoms with van der Waals surface area (Å²) in [5.74, 6) is 0. The van der Waals surface area contributed by atoms with Gasteiger partial charge in [0.1, 0.15) is 0 Å². The predicted octanol–water partition coefficient (Wildman–Crippen LogP) is 22.5. The van der Waals surface area contributed by atoms with Crippen molar-refractivity contribution in [1.82, 2.24) is 18.3 Å². The maximum absolute atomic E-state index is 2.45. The van der Waals surface area contributed by atoms with E-state index in [9.17, 15) is 0 Å². The van der Waals surface area contributed by atoms with Crippen LogP contribution in [0, 0.1) is 0 Å². The summed E-state index contributed by atoms with van der Waals surface area (Å²) in [6.45, 7) is 29.0. The van der Waals surface area contributed by atoms with Crippen molar-refractivity contribution >= 4 is 140 Å². The Bertz CT molecular complexity index is 5210. The third-order valence-electron chi connectivity index (χ3n) is 19.3. The lowest BCUT2D eigenvalue weighted by Gasteiger charge is -2.18. The topological polar surface area (TPSA) is 19.7 Å². The van der Waals surface area contributed by atoms with Gasteiger partial charge >= 0.3 is 0 Å². The quantitative estimate of drug-likeness (QED) is 0.122. The van der Waals surface area contributed by atoms with E-state index in [0.717, 1.165) is 0 Å². The molecule has 468 valence electrons. The molecule has 0 atom stereocenters. The number of rotatable bonds is 10. The summed E-state index contributed by atoms with van der Waals surface area (Å²) < 4.78 is 9.74. The number of aromatic nitrogens is 4. The zero-order chi connectivity index (χ0) is 63.6. The average Bonchev–Trinajstić information content (AvgIpc) is 1.60. The van der Waals surface area contributed by atoms with E-state index < -0.39 is 32.3 Å². The minimum atomic E-state index is -1.45. The Morgan fingerprint density at radius 2 is 0.415 bits per heavy atom. The van der Waals surface area contributed by atoms with Crippen LogP contribution >= 0.6 is 0 Å². The predicted molar refractivity (Wildman–Crippen MR) is 426 cm³/mol. The van der Waals surface area contributed by atoms with Crippen molar-refractivity contribution in [3.8, 4) is 45.0 Å². The fourth-order valence-corrected chi connectivity index (χ4v) is 18.9. The highest BCUT2D eigenvalue weighted by molar-refractivity contribution is 6.90. The van der Waals surface area contributed by atoms with Crippen LogP contribution in [0.5, 0.6) is 0 Å². The summed E-state index contributed by atoms with van der Waals surface area (Å²) in [6.07, 6.45) is 0. The number of fused-ring (bicyclic) bond motifs is 12. The van der Waals surface area contributed by atoms with E-state index in [4.69, 9.17) is 0 Å². The van der Waals surface area contributed by atoms with Crippen molar-refractivity contribution in [3.05, 3.63) is 267 Å². The number of benzene rings is 12. The van der Waals surface area contributed by atoms with Gasteiger partial charge in [0.15, 0.2) is 0 Å². The normalized spacial score (nSPS) is 12.3. The van der Waals surface area contributed by atoms with E-state index in [2.05, 4.69) is 364 Å². The molecule has 0 spiro atoms. The zero-order valence-corrected chi connectivity index (χ0v) is 59.2. The van der Waals surface area contributed by atoms with E-state index in [0.29, 0.717) is 0 Å². The first-order chi connectivity index (χ1) is 44.2. The molecule has 0 aliphatic rings. The van der Waals surface area contributed by atoms with Gasteiger partial charge in [-0.2, -0.15) is 0 Å². The minimum Gasteiger partial charge on any atom is -0.309 e. The Hall–Kier alpha value is -9.29. The van der Waals surface area contributed by atoms with Gasteiger partial charge in [-0.05, 0) is 144 Å². The lowest BCUT2D eigenvalue weighted by Crippen LogP contribution is -2.37. The summed E-state index contributed by atoms with van der Waals surface area (Å²) in [5, 5.41) is 16.2. The first kappa shape index (κ1) is 63.5. The van der Waals surface area contributed by atoms with Crippen molar-refractivity contribution in [2.24, 2.45) is 0 Å². The minimum absolute atomic E-state index is 0. The molecule has 4 heterocycles. The highest BCUT2D eigenvalue weighted by Crippen LogP contribution is 2.41. The van der Waals surface area contributed by atoms with Crippen LogP contribution in [-0.2, 0) is 0 Å². The molecular weight excluding hydrogens is 1200 g/mol. The molecule has 4 nitrogen and oxygen atoms in total. The van der Waals surface area contributed by atoms with Gasteiger partial charge in [0.25, 0.3) is 0 Å². The fourth-order valence-electron chi connectivity index (χ4n) is 14.2. The monoisotopic (exact) mass is 1290 g/mol. The molecular formula is C86H88N4Si4. The molecule has 0 amide bonds. The van der Waals surface area contributed by atoms with Crippen molar-refractivity contribution in [2.45, 2.75) is 93.4 Å². The van der Waals surface area contributed by atoms with E-state index in [-0.39, 0.29) is 14.9 Å². The third kappa shape index (κ3) is 11.1. The van der Waals surface area contributed by atoms with Crippen LogP contribution in [0.3, 0.4) is 0 Å². The lowest BCUT2D eigenvalue weighted by molar-refractivity contribution is 1.18. The van der Waals surface area contributed by atoms with Crippen LogP contribution in [-0.4, -0.2) is 50.6 Å². The van der Waals surface area contributed by atoms with Gasteiger partial charge in [-0.1, -0.05) is 260 Å². The van der Waals surface area contributed by atoms with Crippen LogP contribution in [0.4, 0.5) is 0 Å². The van der Waals surface area contributed by atoms with Crippen molar-refractivity contribution in [1.29, 1.82) is 0 Å². The maximum Gasteiger partial charge on any atom is 0.0776 e. The van der Waals surface area contributed by atoms with E-state index in [1.54, 1.807) is 0 Å². The SMILES string of the molecule is C.C.C[Si](C)(C)c1ccc(-n2c3ccccc3c3cc(-c4ccc5c(c4)c4ccccc4n5-c4ccc([Si](C)(C)C)cc4)ccc32)cc1.C[Si](C)(C)c1cccc(-n2c3ccccc3c3cc(-c4ccc5c(c4)c4ccccc4n5-c4cccc([Si](C)(C)C)c4)ccc32)c1. The molecule has 0 aliphatic carbocycles. The molecule has 0 N–H and O–H groups in total. The molecule has 0 bridgehead atoms. The Labute approximate surface area is 560 Å². The number of nitrogens with zero attached hydrogens (tertiary/aromatic N) is 4. The highest BCUT2D eigenvalue weighted by atomic mass is 28.3. The Kier molecular flexibility index (Phi) is 16.2. The largest absolute Gasteiger partial charge is 0.309 e. The molecule has 94 heavy (non-hydrogen) atoms. The molecule has 8 heteroatoms. The number of para-hydroxylation sites is 4. The van der Waals surface area contributed by atoms with Gasteiger partial charge < -0.3 is 18.3 Å². The van der Waals surface area contributed by atoms with Crippen LogP contribution in [0.2, 0.25) is 78.6 Å². The second kappa shape index (κ2) is 23.9. The summed E-state index contributed by atoms with van der Waals surface area (Å²) in [7, 11) is -5.64. The van der Waals surface area contributed by atoms with Crippen LogP contribution < -0.4 is 20.7 Å². The van der Waals surface area contributed by atoms with Crippen molar-refractivity contribution in [2.75, 3.05) is 0 Å². The van der Waals surface area contributed by atoms with Gasteiger partial charge in [0.05, 0.1) is 76.4 Å². The van der Waals surface area contributed by atoms with Gasteiger partial charge in [0.2, 0.25) is 0 Å². The number of hydrogen-bond acceptors (Lipinski definition) is 0. The first-order valence-electron chi connectivity index (χ1n) is 32.7. The maximum atomic E-state index is 2.45. The molecule has 12 aromatic carbocycles. The van der Waals surface area contributed by atoms with Gasteiger partial charge in [-0.25, -0.2) is 0 Å². The Morgan fingerprint density at radius 3 is 0.670 bits per heavy atom. The summed E-state index contributed by atoms with van der Waals surface area (Å²) in [4.78, 5) is 0. The smallest absolute Gasteiger partial charge is 0.0776 e. The molecule has 16 rings (SSSR count). The summed E-state index contributed by atoms with van der Waals surface area (Å²) >= 11 is 0. The lowest BCUT2D eigenvalue weighted by atomic mass is 10.0. The number of hydrogen-bond donors (Lipinski definition) is 0. The van der Waals surface area contributed by atoms with Gasteiger partial charge in [-0.15, -0.1) is 0 Å². The van der Waals surface area contributed by atoms with E-state index >= 15 is 0 Å². The average molecular weight is 1290 g/mol. The van der Waals surface area contributed by atoms with E-state index in [1.807, 2.05) is 0 Å².